The Morgan fingerprint density at radius 2 is 2.38 bits per heavy atom. The Labute approximate surface area is 133 Å². The third-order valence-corrected chi connectivity index (χ3v) is 3.87. The largest absolute Gasteiger partial charge is 0.371 e. The molecule has 1 saturated heterocycles. The van der Waals surface area contributed by atoms with Crippen LogP contribution >= 0.6 is 22.6 Å². The van der Waals surface area contributed by atoms with Crippen molar-refractivity contribution in [2.24, 2.45) is 5.18 Å². The molecule has 114 valence electrons. The summed E-state index contributed by atoms with van der Waals surface area (Å²) in [6.45, 7) is 3.81. The predicted molar refractivity (Wildman–Crippen MR) is 83.2 cm³/mol. The fraction of sp³-hybridized carbons (Fsp3) is 0.500. The van der Waals surface area contributed by atoms with Crippen molar-refractivity contribution in [3.8, 4) is 0 Å². The van der Waals surface area contributed by atoms with Crippen molar-refractivity contribution in [2.75, 3.05) is 13.2 Å². The van der Waals surface area contributed by atoms with Crippen LogP contribution < -0.4 is 11.2 Å². The lowest BCUT2D eigenvalue weighted by Crippen LogP contribution is -2.33. The summed E-state index contributed by atoms with van der Waals surface area (Å²) in [4.78, 5) is 35.9. The molecule has 0 spiro atoms. The Kier molecular flexibility index (Phi) is 5.42. The van der Waals surface area contributed by atoms with E-state index in [0.717, 1.165) is 0 Å². The van der Waals surface area contributed by atoms with Crippen LogP contribution in [0.3, 0.4) is 0 Å². The van der Waals surface area contributed by atoms with Gasteiger partial charge >= 0.3 is 5.69 Å². The Morgan fingerprint density at radius 3 is 3.05 bits per heavy atom. The summed E-state index contributed by atoms with van der Waals surface area (Å²) in [5, 5.41) is 2.83. The second kappa shape index (κ2) is 7.09. The number of rotatable bonds is 6. The lowest BCUT2D eigenvalue weighted by atomic mass is 10.2. The number of ether oxygens (including phenoxy) is 2. The van der Waals surface area contributed by atoms with Crippen molar-refractivity contribution in [2.45, 2.75) is 24.9 Å². The molecule has 0 radical (unpaired) electrons. The van der Waals surface area contributed by atoms with E-state index in [4.69, 9.17) is 9.47 Å². The van der Waals surface area contributed by atoms with E-state index in [1.54, 1.807) is 6.08 Å². The van der Waals surface area contributed by atoms with Crippen LogP contribution in [0, 0.1) is 8.48 Å². The molecule has 0 bridgehead atoms. The molecule has 1 aromatic rings. The highest BCUT2D eigenvalue weighted by Gasteiger charge is 2.37. The molecule has 1 aromatic heterocycles. The highest BCUT2D eigenvalue weighted by atomic mass is 127. The first-order chi connectivity index (χ1) is 10.1. The number of aromatic nitrogens is 2. The zero-order chi connectivity index (χ0) is 15.4. The van der Waals surface area contributed by atoms with Crippen LogP contribution in [0.5, 0.6) is 0 Å². The van der Waals surface area contributed by atoms with Crippen LogP contribution in [0.4, 0.5) is 0 Å². The van der Waals surface area contributed by atoms with Crippen molar-refractivity contribution in [3.63, 3.8) is 0 Å². The van der Waals surface area contributed by atoms with Gasteiger partial charge < -0.3 is 9.47 Å². The Bertz CT molecular complexity index is 641. The number of hydrogen-bond acceptors (Lipinski definition) is 6. The van der Waals surface area contributed by atoms with Crippen molar-refractivity contribution >= 4 is 22.6 Å². The second-order valence-corrected chi connectivity index (χ2v) is 5.64. The van der Waals surface area contributed by atoms with Gasteiger partial charge in [0.15, 0.2) is 0 Å². The Hall–Kier alpha value is -1.33. The summed E-state index contributed by atoms with van der Waals surface area (Å²) in [7, 11) is 0. The maximum Gasteiger partial charge on any atom is 0.330 e. The van der Waals surface area contributed by atoms with Crippen LogP contribution in [-0.4, -0.2) is 34.9 Å². The first-order valence-electron chi connectivity index (χ1n) is 6.25. The van der Waals surface area contributed by atoms with Crippen molar-refractivity contribution < 1.29 is 9.47 Å². The molecule has 1 N–H and O–H groups in total. The molecule has 8 nitrogen and oxygen atoms in total. The minimum Gasteiger partial charge on any atom is -0.371 e. The minimum atomic E-state index is -0.607. The van der Waals surface area contributed by atoms with Gasteiger partial charge in [-0.15, -0.1) is 6.58 Å². The lowest BCUT2D eigenvalue weighted by Gasteiger charge is -2.15. The second-order valence-electron chi connectivity index (χ2n) is 4.48. The number of halogens is 1. The Balaban J connectivity index is 2.23. The molecule has 1 fully saturated rings. The van der Waals surface area contributed by atoms with E-state index >= 15 is 0 Å². The molecule has 0 saturated carbocycles. The van der Waals surface area contributed by atoms with Gasteiger partial charge in [-0.05, 0) is 22.6 Å². The molecular weight excluding hydrogens is 393 g/mol. The molecular formula is C12H14IN3O5. The standard InChI is InChI=1S/C12H14IN3O5/c1-2-3-20-8-4-10(21-9(8)5-14-19)16-6-7(13)11(17)15-12(16)18/h2,6,8-10H,1,3-5H2,(H,15,17,18). The summed E-state index contributed by atoms with van der Waals surface area (Å²) >= 11 is 1.83. The predicted octanol–water partition coefficient (Wildman–Crippen LogP) is 0.766. The quantitative estimate of drug-likeness (QED) is 0.426. The van der Waals surface area contributed by atoms with Crippen LogP contribution in [0.15, 0.2) is 33.6 Å². The van der Waals surface area contributed by atoms with Crippen molar-refractivity contribution in [1.82, 2.24) is 9.55 Å². The highest BCUT2D eigenvalue weighted by molar-refractivity contribution is 14.1. The Morgan fingerprint density at radius 1 is 1.62 bits per heavy atom. The van der Waals surface area contributed by atoms with Crippen LogP contribution in [0.1, 0.15) is 12.6 Å². The zero-order valence-electron chi connectivity index (χ0n) is 11.0. The van der Waals surface area contributed by atoms with E-state index in [-0.39, 0.29) is 12.6 Å². The minimum absolute atomic E-state index is 0.0620. The first kappa shape index (κ1) is 16.0. The van der Waals surface area contributed by atoms with Gasteiger partial charge in [0.25, 0.3) is 5.56 Å². The van der Waals surface area contributed by atoms with E-state index in [0.29, 0.717) is 16.6 Å². The summed E-state index contributed by atoms with van der Waals surface area (Å²) < 4.78 is 12.9. The van der Waals surface area contributed by atoms with E-state index in [9.17, 15) is 14.5 Å². The summed E-state index contributed by atoms with van der Waals surface area (Å²) in [6, 6.07) is 0. The van der Waals surface area contributed by atoms with Gasteiger partial charge in [-0.1, -0.05) is 11.3 Å². The number of H-pyrrole nitrogens is 1. The zero-order valence-corrected chi connectivity index (χ0v) is 13.2. The number of nitroso groups, excluding NO2 is 1. The third kappa shape index (κ3) is 3.66. The van der Waals surface area contributed by atoms with Gasteiger partial charge in [0.1, 0.15) is 18.9 Å². The molecule has 0 aromatic carbocycles. The van der Waals surface area contributed by atoms with Gasteiger partial charge in [-0.3, -0.25) is 14.3 Å². The topological polar surface area (TPSA) is 103 Å². The summed E-state index contributed by atoms with van der Waals surface area (Å²) in [6.07, 6.45) is 1.91. The number of nitrogens with zero attached hydrogens (tertiary/aromatic N) is 2. The number of hydrogen-bond donors (Lipinski definition) is 1. The van der Waals surface area contributed by atoms with Crippen LogP contribution in [-0.2, 0) is 9.47 Å². The molecule has 2 heterocycles. The van der Waals surface area contributed by atoms with Crippen molar-refractivity contribution in [1.29, 1.82) is 0 Å². The van der Waals surface area contributed by atoms with Crippen molar-refractivity contribution in [3.05, 3.63) is 48.2 Å². The van der Waals surface area contributed by atoms with E-state index in [1.807, 2.05) is 22.6 Å². The first-order valence-corrected chi connectivity index (χ1v) is 7.32. The molecule has 1 aliphatic heterocycles. The highest BCUT2D eigenvalue weighted by Crippen LogP contribution is 2.30. The summed E-state index contributed by atoms with van der Waals surface area (Å²) in [5.41, 5.74) is -1.01. The molecule has 0 amide bonds. The van der Waals surface area contributed by atoms with E-state index in [2.05, 4.69) is 16.7 Å². The van der Waals surface area contributed by atoms with E-state index in [1.165, 1.54) is 10.8 Å². The van der Waals surface area contributed by atoms with Gasteiger partial charge in [0, 0.05) is 12.6 Å². The summed E-state index contributed by atoms with van der Waals surface area (Å²) in [5.74, 6) is 0. The molecule has 1 aliphatic rings. The van der Waals surface area contributed by atoms with E-state index < -0.39 is 23.6 Å². The number of aromatic amines is 1. The van der Waals surface area contributed by atoms with Gasteiger partial charge in [0.2, 0.25) is 0 Å². The molecule has 21 heavy (non-hydrogen) atoms. The molecule has 3 unspecified atom stereocenters. The number of nitrogens with one attached hydrogen (secondary N) is 1. The monoisotopic (exact) mass is 407 g/mol. The SMILES string of the molecule is C=CCOC1CC(n2cc(I)c(=O)[nH]c2=O)OC1CN=O. The van der Waals surface area contributed by atoms with Crippen LogP contribution in [0.2, 0.25) is 0 Å². The maximum absolute atomic E-state index is 11.8. The normalized spacial score (nSPS) is 24.9. The third-order valence-electron chi connectivity index (χ3n) is 3.10. The van der Waals surface area contributed by atoms with Gasteiger partial charge in [0.05, 0.1) is 16.3 Å². The fourth-order valence-electron chi connectivity index (χ4n) is 2.15. The maximum atomic E-state index is 11.8. The molecule has 2 rings (SSSR count). The molecule has 0 aliphatic carbocycles. The van der Waals surface area contributed by atoms with Crippen LogP contribution in [0.25, 0.3) is 0 Å². The lowest BCUT2D eigenvalue weighted by molar-refractivity contribution is -0.0291. The average molecular weight is 407 g/mol. The molecule has 3 atom stereocenters. The van der Waals surface area contributed by atoms with Gasteiger partial charge in [-0.2, -0.15) is 4.91 Å². The smallest absolute Gasteiger partial charge is 0.330 e. The van der Waals surface area contributed by atoms with Gasteiger partial charge in [-0.25, -0.2) is 4.79 Å². The fourth-order valence-corrected chi connectivity index (χ4v) is 2.59. The average Bonchev–Trinajstić information content (AvgIpc) is 2.84. The molecule has 9 heteroatoms.